The normalized spacial score (nSPS) is 14.5. The molecule has 0 bridgehead atoms. The number of hydrogen-bond donors (Lipinski definition) is 1. The lowest BCUT2D eigenvalue weighted by Gasteiger charge is -2.15. The molecule has 1 aliphatic rings. The number of fused-ring (bicyclic) bond motifs is 2. The van der Waals surface area contributed by atoms with Crippen molar-refractivity contribution in [3.63, 3.8) is 0 Å². The van der Waals surface area contributed by atoms with E-state index in [4.69, 9.17) is 18.9 Å². The maximum Gasteiger partial charge on any atom is 0.516 e. The summed E-state index contributed by atoms with van der Waals surface area (Å²) in [7, 11) is -5.64. The van der Waals surface area contributed by atoms with E-state index in [1.165, 1.54) is 18.2 Å². The number of furan rings is 1. The van der Waals surface area contributed by atoms with Crippen LogP contribution in [0.5, 0.6) is 0 Å². The molecule has 0 amide bonds. The zero-order valence-electron chi connectivity index (χ0n) is 23.1. The molecule has 0 saturated carbocycles. The maximum atomic E-state index is 13.1. The molecule has 14 heteroatoms. The highest BCUT2D eigenvalue weighted by atomic mass is 79.9. The number of halogens is 4. The van der Waals surface area contributed by atoms with Crippen molar-refractivity contribution in [3.8, 4) is 22.5 Å². The van der Waals surface area contributed by atoms with E-state index >= 15 is 0 Å². The summed E-state index contributed by atoms with van der Waals surface area (Å²) in [6, 6.07) is 23.0. The molecule has 0 radical (unpaired) electrons. The lowest BCUT2D eigenvalue weighted by atomic mass is 10.0. The predicted octanol–water partition coefficient (Wildman–Crippen LogP) is 7.63. The van der Waals surface area contributed by atoms with Crippen molar-refractivity contribution in [2.45, 2.75) is 18.3 Å². The summed E-state index contributed by atoms with van der Waals surface area (Å²) in [6.45, 7) is 1.33. The first-order valence-corrected chi connectivity index (χ1v) is 15.9. The lowest BCUT2D eigenvalue weighted by molar-refractivity contribution is -0.0466. The number of imidazole rings is 1. The maximum absolute atomic E-state index is 13.1. The Morgan fingerprint density at radius 3 is 2.44 bits per heavy atom. The summed E-state index contributed by atoms with van der Waals surface area (Å²) in [4.78, 5) is 9.56. The van der Waals surface area contributed by atoms with Gasteiger partial charge in [-0.15, -0.1) is 0 Å². The van der Waals surface area contributed by atoms with Crippen molar-refractivity contribution in [1.82, 2.24) is 14.5 Å². The van der Waals surface area contributed by atoms with Gasteiger partial charge in [0.1, 0.15) is 16.8 Å². The molecule has 4 heterocycles. The highest BCUT2D eigenvalue weighted by molar-refractivity contribution is 9.10. The van der Waals surface area contributed by atoms with Gasteiger partial charge in [-0.3, -0.25) is 4.72 Å². The van der Waals surface area contributed by atoms with E-state index < -0.39 is 21.8 Å². The Kier molecular flexibility index (Phi) is 7.39. The first-order chi connectivity index (χ1) is 21.6. The van der Waals surface area contributed by atoms with Crippen molar-refractivity contribution in [1.29, 1.82) is 0 Å². The van der Waals surface area contributed by atoms with E-state index in [9.17, 15) is 21.6 Å². The minimum atomic E-state index is -5.64. The molecule has 7 rings (SSSR count). The predicted molar refractivity (Wildman–Crippen MR) is 165 cm³/mol. The number of anilines is 1. The molecule has 45 heavy (non-hydrogen) atoms. The van der Waals surface area contributed by atoms with Crippen LogP contribution in [0, 0.1) is 0 Å². The standard InChI is InChI=1S/C31H22BrF3N4O5S/c32-26-22-14-18(10-11-25(22)44-28(26)20-8-4-5-9-23(20)38-45(40,41)31(33,34)35)16-39-17-36-24-15-21(19-6-2-1-3-7-19)27(37-29(24)39)30-42-12-13-43-30/h1-11,14-15,17,30,38H,12-13,16H2. The van der Waals surface area contributed by atoms with Gasteiger partial charge in [0.15, 0.2) is 11.4 Å². The Labute approximate surface area is 262 Å². The second-order valence-corrected chi connectivity index (χ2v) is 12.7. The summed E-state index contributed by atoms with van der Waals surface area (Å²) in [5.74, 6) is 0.173. The van der Waals surface area contributed by atoms with Gasteiger partial charge in [0.25, 0.3) is 0 Å². The molecule has 0 aliphatic carbocycles. The number of hydrogen-bond acceptors (Lipinski definition) is 7. The Morgan fingerprint density at radius 1 is 0.956 bits per heavy atom. The van der Waals surface area contributed by atoms with E-state index in [1.54, 1.807) is 23.2 Å². The molecular formula is C31H22BrF3N4O5S. The highest BCUT2D eigenvalue weighted by Crippen LogP contribution is 2.42. The SMILES string of the molecule is O=S(=O)(Nc1ccccc1-c1oc2ccc(Cn3cnc4cc(-c5ccccc5)c(C5OCCO5)nc43)cc2c1Br)C(F)(F)F. The van der Waals surface area contributed by atoms with E-state index in [2.05, 4.69) is 20.9 Å². The van der Waals surface area contributed by atoms with Crippen molar-refractivity contribution >= 4 is 53.8 Å². The van der Waals surface area contributed by atoms with E-state index in [-0.39, 0.29) is 17.0 Å². The third-order valence-corrected chi connectivity index (χ3v) is 9.20. The Morgan fingerprint density at radius 2 is 1.69 bits per heavy atom. The van der Waals surface area contributed by atoms with Gasteiger partial charge in [-0.05, 0) is 57.4 Å². The van der Waals surface area contributed by atoms with Gasteiger partial charge in [0.05, 0.1) is 36.2 Å². The summed E-state index contributed by atoms with van der Waals surface area (Å²) in [6.07, 6.45) is 1.10. The summed E-state index contributed by atoms with van der Waals surface area (Å²) in [5.41, 5.74) is -0.465. The zero-order valence-corrected chi connectivity index (χ0v) is 25.5. The molecule has 1 saturated heterocycles. The number of benzene rings is 3. The molecule has 3 aromatic heterocycles. The molecule has 1 aliphatic heterocycles. The van der Waals surface area contributed by atoms with Crippen LogP contribution in [0.25, 0.3) is 44.6 Å². The number of aromatic nitrogens is 3. The minimum absolute atomic E-state index is 0.137. The van der Waals surface area contributed by atoms with E-state index in [1.807, 2.05) is 53.1 Å². The van der Waals surface area contributed by atoms with Crippen LogP contribution in [0.1, 0.15) is 17.5 Å². The fraction of sp³-hybridized carbons (Fsp3) is 0.161. The van der Waals surface area contributed by atoms with E-state index in [0.29, 0.717) is 52.1 Å². The largest absolute Gasteiger partial charge is 0.516 e. The van der Waals surface area contributed by atoms with Crippen LogP contribution in [-0.4, -0.2) is 41.7 Å². The number of pyridine rings is 1. The van der Waals surface area contributed by atoms with Gasteiger partial charge < -0.3 is 18.5 Å². The molecule has 0 spiro atoms. The monoisotopic (exact) mass is 698 g/mol. The number of nitrogens with one attached hydrogen (secondary N) is 1. The summed E-state index contributed by atoms with van der Waals surface area (Å²) in [5, 5.41) is 0.646. The average molecular weight is 700 g/mol. The quantitative estimate of drug-likeness (QED) is 0.183. The fourth-order valence-corrected chi connectivity index (χ4v) is 6.40. The Hall–Kier alpha value is -4.24. The van der Waals surface area contributed by atoms with Crippen molar-refractivity contribution in [2.75, 3.05) is 17.9 Å². The first-order valence-electron chi connectivity index (χ1n) is 13.6. The number of sulfonamides is 1. The van der Waals surface area contributed by atoms with Crippen LogP contribution in [0.2, 0.25) is 0 Å². The minimum Gasteiger partial charge on any atom is -0.455 e. The third-order valence-electron chi connectivity index (χ3n) is 7.32. The van der Waals surface area contributed by atoms with Gasteiger partial charge in [-0.25, -0.2) is 9.97 Å². The van der Waals surface area contributed by atoms with Crippen molar-refractivity contribution in [3.05, 3.63) is 101 Å². The fourth-order valence-electron chi connectivity index (χ4n) is 5.22. The number of nitrogens with zero attached hydrogens (tertiary/aromatic N) is 3. The van der Waals surface area contributed by atoms with Gasteiger partial charge in [-0.2, -0.15) is 21.6 Å². The van der Waals surface area contributed by atoms with Crippen LogP contribution >= 0.6 is 15.9 Å². The van der Waals surface area contributed by atoms with Crippen LogP contribution in [0.3, 0.4) is 0 Å². The smallest absolute Gasteiger partial charge is 0.455 e. The van der Waals surface area contributed by atoms with Gasteiger partial charge in [0.2, 0.25) is 6.29 Å². The molecule has 6 aromatic rings. The molecule has 0 atom stereocenters. The van der Waals surface area contributed by atoms with Gasteiger partial charge >= 0.3 is 15.5 Å². The number of rotatable bonds is 7. The summed E-state index contributed by atoms with van der Waals surface area (Å²) >= 11 is 3.52. The highest BCUT2D eigenvalue weighted by Gasteiger charge is 2.46. The topological polar surface area (TPSA) is 108 Å². The zero-order chi connectivity index (χ0) is 31.3. The second-order valence-electron chi connectivity index (χ2n) is 10.2. The number of ether oxygens (including phenoxy) is 2. The van der Waals surface area contributed by atoms with Gasteiger partial charge in [0, 0.05) is 16.5 Å². The number of para-hydroxylation sites is 1. The molecule has 230 valence electrons. The van der Waals surface area contributed by atoms with Crippen LogP contribution in [0.4, 0.5) is 18.9 Å². The summed E-state index contributed by atoms with van der Waals surface area (Å²) < 4.78 is 84.5. The van der Waals surface area contributed by atoms with Crippen molar-refractivity contribution in [2.24, 2.45) is 0 Å². The molecule has 3 aromatic carbocycles. The first kappa shape index (κ1) is 29.5. The van der Waals surface area contributed by atoms with Crippen molar-refractivity contribution < 1.29 is 35.5 Å². The van der Waals surface area contributed by atoms with Crippen LogP contribution in [0.15, 0.2) is 94.1 Å². The molecule has 9 nitrogen and oxygen atoms in total. The molecule has 1 fully saturated rings. The number of alkyl halides is 3. The molecular weight excluding hydrogens is 677 g/mol. The average Bonchev–Trinajstić information content (AvgIpc) is 3.77. The Balaban J connectivity index is 1.24. The van der Waals surface area contributed by atoms with E-state index in [0.717, 1.165) is 16.7 Å². The van der Waals surface area contributed by atoms with Gasteiger partial charge in [-0.1, -0.05) is 48.5 Å². The van der Waals surface area contributed by atoms with Crippen LogP contribution in [-0.2, 0) is 26.0 Å². The lowest BCUT2D eigenvalue weighted by Crippen LogP contribution is -2.30. The van der Waals surface area contributed by atoms with Crippen LogP contribution < -0.4 is 4.72 Å². The molecule has 1 N–H and O–H groups in total. The second kappa shape index (κ2) is 11.3. The third kappa shape index (κ3) is 5.47. The molecule has 0 unspecified atom stereocenters. The Bertz CT molecular complexity index is 2160.